The van der Waals surface area contributed by atoms with Crippen LogP contribution >= 0.6 is 0 Å². The molecule has 1 unspecified atom stereocenters. The molecule has 0 radical (unpaired) electrons. The van der Waals surface area contributed by atoms with Crippen LogP contribution in [0.5, 0.6) is 0 Å². The van der Waals surface area contributed by atoms with E-state index < -0.39 is 0 Å². The van der Waals surface area contributed by atoms with Gasteiger partial charge in [-0.1, -0.05) is 30.3 Å². The molecular formula is C13H17NO3. The summed E-state index contributed by atoms with van der Waals surface area (Å²) >= 11 is 0. The molecular weight excluding hydrogens is 218 g/mol. The number of hydrogen-bond acceptors (Lipinski definition) is 4. The summed E-state index contributed by atoms with van der Waals surface area (Å²) in [5, 5.41) is 0. The molecule has 4 nitrogen and oxygen atoms in total. The first-order chi connectivity index (χ1) is 8.36. The van der Waals surface area contributed by atoms with Crippen LogP contribution in [0.2, 0.25) is 0 Å². The Morgan fingerprint density at radius 1 is 1.41 bits per heavy atom. The average molecular weight is 235 g/mol. The highest BCUT2D eigenvalue weighted by Crippen LogP contribution is 2.14. The maximum absolute atomic E-state index is 11.6. The fraction of sp³-hybridized carbons (Fsp3) is 0.462. The molecule has 2 rings (SSSR count). The maximum Gasteiger partial charge on any atom is 0.330 e. The summed E-state index contributed by atoms with van der Waals surface area (Å²) in [6.45, 7) is 1.76. The van der Waals surface area contributed by atoms with E-state index in [-0.39, 0.29) is 11.9 Å². The molecule has 0 saturated carbocycles. The summed E-state index contributed by atoms with van der Waals surface area (Å²) in [4.78, 5) is 16.6. The van der Waals surface area contributed by atoms with Gasteiger partial charge in [0.2, 0.25) is 0 Å². The molecule has 17 heavy (non-hydrogen) atoms. The predicted molar refractivity (Wildman–Crippen MR) is 62.9 cm³/mol. The first-order valence-corrected chi connectivity index (χ1v) is 5.91. The summed E-state index contributed by atoms with van der Waals surface area (Å²) in [6, 6.07) is 9.81. The Kier molecular flexibility index (Phi) is 4.53. The molecule has 1 N–H and O–H groups in total. The number of carbonyl (C=O) groups is 1. The van der Waals surface area contributed by atoms with Crippen molar-refractivity contribution < 1.29 is 14.4 Å². The van der Waals surface area contributed by atoms with E-state index in [1.807, 2.05) is 30.3 Å². The molecule has 1 aromatic rings. The number of ether oxygens (including phenoxy) is 1. The van der Waals surface area contributed by atoms with Gasteiger partial charge in [-0.15, -0.1) is 5.48 Å². The Labute approximate surface area is 101 Å². The van der Waals surface area contributed by atoms with Crippen LogP contribution in [0.25, 0.3) is 0 Å². The fourth-order valence-corrected chi connectivity index (χ4v) is 1.80. The molecule has 1 saturated heterocycles. The minimum atomic E-state index is -0.222. The van der Waals surface area contributed by atoms with Crippen molar-refractivity contribution in [3.63, 3.8) is 0 Å². The number of hydroxylamine groups is 1. The third-order valence-electron chi connectivity index (χ3n) is 2.79. The molecule has 0 aromatic heterocycles. The van der Waals surface area contributed by atoms with E-state index in [0.29, 0.717) is 13.2 Å². The fourth-order valence-electron chi connectivity index (χ4n) is 1.80. The lowest BCUT2D eigenvalue weighted by atomic mass is 10.0. The second-order valence-electron chi connectivity index (χ2n) is 4.14. The van der Waals surface area contributed by atoms with E-state index in [2.05, 4.69) is 5.48 Å². The minimum Gasteiger partial charge on any atom is -0.381 e. The molecule has 1 aromatic carbocycles. The highest BCUT2D eigenvalue weighted by molar-refractivity contribution is 5.72. The van der Waals surface area contributed by atoms with E-state index in [9.17, 15) is 4.79 Å². The summed E-state index contributed by atoms with van der Waals surface area (Å²) < 4.78 is 5.24. The summed E-state index contributed by atoms with van der Waals surface area (Å²) in [5.74, 6) is -0.340. The molecule has 0 amide bonds. The van der Waals surface area contributed by atoms with Crippen LogP contribution in [0.4, 0.5) is 0 Å². The second-order valence-corrected chi connectivity index (χ2v) is 4.14. The molecule has 0 bridgehead atoms. The first kappa shape index (κ1) is 12.1. The van der Waals surface area contributed by atoms with Gasteiger partial charge in [-0.25, -0.2) is 4.79 Å². The molecule has 0 spiro atoms. The lowest BCUT2D eigenvalue weighted by Crippen LogP contribution is -2.31. The van der Waals surface area contributed by atoms with Crippen LogP contribution in [-0.2, 0) is 20.9 Å². The van der Waals surface area contributed by atoms with E-state index in [1.165, 1.54) is 0 Å². The zero-order valence-electron chi connectivity index (χ0n) is 9.72. The largest absolute Gasteiger partial charge is 0.381 e. The monoisotopic (exact) mass is 235 g/mol. The second kappa shape index (κ2) is 6.37. The Bertz CT molecular complexity index is 347. The van der Waals surface area contributed by atoms with E-state index in [0.717, 1.165) is 25.0 Å². The molecule has 1 aliphatic heterocycles. The standard InChI is InChI=1S/C13H17NO3/c15-13(12-7-4-8-16-10-12)17-14-9-11-5-2-1-3-6-11/h1-3,5-6,12,14H,4,7-10H2. The minimum absolute atomic E-state index is 0.118. The molecule has 92 valence electrons. The average Bonchev–Trinajstić information content (AvgIpc) is 2.41. The van der Waals surface area contributed by atoms with Crippen LogP contribution in [0.3, 0.4) is 0 Å². The van der Waals surface area contributed by atoms with Crippen molar-refractivity contribution in [2.24, 2.45) is 5.92 Å². The molecule has 1 aliphatic rings. The first-order valence-electron chi connectivity index (χ1n) is 5.91. The van der Waals surface area contributed by atoms with Gasteiger partial charge < -0.3 is 9.57 Å². The number of carbonyl (C=O) groups excluding carboxylic acids is 1. The van der Waals surface area contributed by atoms with Crippen molar-refractivity contribution in [3.8, 4) is 0 Å². The van der Waals surface area contributed by atoms with Crippen molar-refractivity contribution in [2.75, 3.05) is 13.2 Å². The zero-order chi connectivity index (χ0) is 11.9. The van der Waals surface area contributed by atoms with Gasteiger partial charge in [0.25, 0.3) is 0 Å². The van der Waals surface area contributed by atoms with Crippen LogP contribution in [-0.4, -0.2) is 19.2 Å². The van der Waals surface area contributed by atoms with Gasteiger partial charge in [0.15, 0.2) is 0 Å². The van der Waals surface area contributed by atoms with Crippen LogP contribution in [0, 0.1) is 5.92 Å². The van der Waals surface area contributed by atoms with Crippen LogP contribution in [0.1, 0.15) is 18.4 Å². The number of nitrogens with one attached hydrogen (secondary N) is 1. The maximum atomic E-state index is 11.6. The van der Waals surface area contributed by atoms with Gasteiger partial charge in [0.1, 0.15) is 0 Å². The van der Waals surface area contributed by atoms with Gasteiger partial charge in [-0.3, -0.25) is 0 Å². The number of benzene rings is 1. The topological polar surface area (TPSA) is 47.6 Å². The van der Waals surface area contributed by atoms with E-state index in [4.69, 9.17) is 9.57 Å². The van der Waals surface area contributed by atoms with Crippen molar-refractivity contribution in [1.82, 2.24) is 5.48 Å². The number of hydrogen-bond donors (Lipinski definition) is 1. The van der Waals surface area contributed by atoms with Gasteiger partial charge in [-0.05, 0) is 18.4 Å². The third-order valence-corrected chi connectivity index (χ3v) is 2.79. The van der Waals surface area contributed by atoms with E-state index in [1.54, 1.807) is 0 Å². The lowest BCUT2D eigenvalue weighted by molar-refractivity contribution is -0.161. The Morgan fingerprint density at radius 2 is 2.24 bits per heavy atom. The summed E-state index contributed by atoms with van der Waals surface area (Å²) in [5.41, 5.74) is 3.78. The Balaban J connectivity index is 1.69. The summed E-state index contributed by atoms with van der Waals surface area (Å²) in [7, 11) is 0. The SMILES string of the molecule is O=C(ONCc1ccccc1)C1CCCOC1. The van der Waals surface area contributed by atoms with Crippen molar-refractivity contribution >= 4 is 5.97 Å². The van der Waals surface area contributed by atoms with Crippen LogP contribution in [0.15, 0.2) is 30.3 Å². The van der Waals surface area contributed by atoms with Gasteiger partial charge in [0, 0.05) is 6.61 Å². The molecule has 1 heterocycles. The molecule has 0 aliphatic carbocycles. The van der Waals surface area contributed by atoms with Crippen molar-refractivity contribution in [3.05, 3.63) is 35.9 Å². The van der Waals surface area contributed by atoms with Crippen LogP contribution < -0.4 is 5.48 Å². The Hall–Kier alpha value is -1.39. The lowest BCUT2D eigenvalue weighted by Gasteiger charge is -2.20. The van der Waals surface area contributed by atoms with Crippen molar-refractivity contribution in [2.45, 2.75) is 19.4 Å². The molecule has 1 fully saturated rings. The number of rotatable bonds is 4. The molecule has 1 atom stereocenters. The quantitative estimate of drug-likeness (QED) is 0.806. The highest BCUT2D eigenvalue weighted by Gasteiger charge is 2.23. The predicted octanol–water partition coefficient (Wildman–Crippen LogP) is 1.66. The van der Waals surface area contributed by atoms with E-state index >= 15 is 0 Å². The van der Waals surface area contributed by atoms with Crippen molar-refractivity contribution in [1.29, 1.82) is 0 Å². The van der Waals surface area contributed by atoms with Gasteiger partial charge in [0.05, 0.1) is 19.1 Å². The normalized spacial score (nSPS) is 19.9. The molecule has 4 heteroatoms. The Morgan fingerprint density at radius 3 is 2.94 bits per heavy atom. The van der Waals surface area contributed by atoms with Gasteiger partial charge in [-0.2, -0.15) is 0 Å². The van der Waals surface area contributed by atoms with Gasteiger partial charge >= 0.3 is 5.97 Å². The summed E-state index contributed by atoms with van der Waals surface area (Å²) in [6.07, 6.45) is 1.78. The smallest absolute Gasteiger partial charge is 0.330 e. The third kappa shape index (κ3) is 3.84. The highest BCUT2D eigenvalue weighted by atomic mass is 16.7. The zero-order valence-corrected chi connectivity index (χ0v) is 9.72.